The van der Waals surface area contributed by atoms with Gasteiger partial charge >= 0.3 is 0 Å². The highest BCUT2D eigenvalue weighted by atomic mass is 32.1. The molecule has 12 rings (SSSR count). The van der Waals surface area contributed by atoms with Gasteiger partial charge in [0.2, 0.25) is 11.8 Å². The summed E-state index contributed by atoms with van der Waals surface area (Å²) in [4.78, 5) is 61.1. The first-order chi connectivity index (χ1) is 34.4. The number of hydrogen-bond acceptors (Lipinski definition) is 8. The zero-order chi connectivity index (χ0) is 47.6. The Hall–Kier alpha value is -6.24. The molecule has 4 N–H and O–H groups in total. The second kappa shape index (κ2) is 20.6. The summed E-state index contributed by atoms with van der Waals surface area (Å²) in [7, 11) is 0. The third-order valence-corrected chi connectivity index (χ3v) is 18.0. The summed E-state index contributed by atoms with van der Waals surface area (Å²) in [5.41, 5.74) is 6.00. The van der Waals surface area contributed by atoms with E-state index in [0.29, 0.717) is 23.0 Å². The van der Waals surface area contributed by atoms with Crippen LogP contribution >= 0.6 is 22.7 Å². The first-order valence-electron chi connectivity index (χ1n) is 25.5. The molecule has 0 spiro atoms. The quantitative estimate of drug-likeness (QED) is 0.120. The second-order valence-corrected chi connectivity index (χ2v) is 21.9. The molecule has 0 radical (unpaired) electrons. The van der Waals surface area contributed by atoms with E-state index < -0.39 is 0 Å². The van der Waals surface area contributed by atoms with Gasteiger partial charge in [0.15, 0.2) is 0 Å². The SMILES string of the molecule is O=C(N[C@@H]1CCCC[C@@H]1C(=O)N1CC[C@@H]2[C@H](c3cccs3)Nc3ccccc3[C@@H]21)c1ccccc1.O=C(N[C@@H]1CCCC[C@@H]1C(=O)N1CC[C@H]2[C@@H](c3cccs3)Nc3ccccc3[C@H]21)c1ccccc1. The Morgan fingerprint density at radius 2 is 0.857 bits per heavy atom. The van der Waals surface area contributed by atoms with Crippen molar-refractivity contribution in [3.63, 3.8) is 0 Å². The standard InChI is InChI=1S/2C29H31N3O2S/c2*33-28(19-9-2-1-3-10-19)31-24-14-7-5-12-21(24)29(34)32-17-16-22-26(25-15-8-18-35-25)30-23-13-6-4-11-20(23)27(22)32/h2*1-4,6,8-11,13,15,18,21-22,24,26-27,30H,5,7,12,14,16-17H2,(H,31,33)/t21-,22+,24+,26+,27-;21-,22-,24+,26-,27+/m00/s1. The fourth-order valence-electron chi connectivity index (χ4n) is 12.8. The van der Waals surface area contributed by atoms with Crippen LogP contribution in [0.3, 0.4) is 0 Å². The monoisotopic (exact) mass is 970 g/mol. The van der Waals surface area contributed by atoms with Crippen molar-refractivity contribution in [3.8, 4) is 0 Å². The molecule has 2 saturated carbocycles. The van der Waals surface area contributed by atoms with Crippen LogP contribution in [0.5, 0.6) is 0 Å². The number of rotatable bonds is 8. The van der Waals surface area contributed by atoms with Gasteiger partial charge in [-0.3, -0.25) is 19.2 Å². The van der Waals surface area contributed by atoms with E-state index in [1.54, 1.807) is 22.7 Å². The Morgan fingerprint density at radius 1 is 0.457 bits per heavy atom. The van der Waals surface area contributed by atoms with Crippen molar-refractivity contribution in [1.82, 2.24) is 20.4 Å². The fraction of sp³-hybridized carbons (Fsp3) is 0.379. The van der Waals surface area contributed by atoms with Crippen LogP contribution in [-0.4, -0.2) is 58.6 Å². The van der Waals surface area contributed by atoms with E-state index in [0.717, 1.165) is 88.7 Å². The van der Waals surface area contributed by atoms with Gasteiger partial charge in [-0.05, 0) is 109 Å². The molecule has 0 unspecified atom stereocenters. The van der Waals surface area contributed by atoms with E-state index in [-0.39, 0.29) is 71.7 Å². The average Bonchev–Trinajstić information content (AvgIpc) is 4.28. The van der Waals surface area contributed by atoms with Gasteiger partial charge in [0.25, 0.3) is 11.8 Å². The summed E-state index contributed by atoms with van der Waals surface area (Å²) in [6.45, 7) is 1.53. The molecule has 10 atom stereocenters. The fourth-order valence-corrected chi connectivity index (χ4v) is 14.5. The largest absolute Gasteiger partial charge is 0.377 e. The first-order valence-corrected chi connectivity index (χ1v) is 27.3. The molecule has 2 aromatic heterocycles. The van der Waals surface area contributed by atoms with Crippen LogP contribution in [0.2, 0.25) is 0 Å². The van der Waals surface area contributed by atoms with Crippen molar-refractivity contribution >= 4 is 57.7 Å². The highest BCUT2D eigenvalue weighted by Gasteiger charge is 2.50. The summed E-state index contributed by atoms with van der Waals surface area (Å²) in [6.07, 6.45) is 9.49. The molecule has 2 saturated heterocycles. The topological polar surface area (TPSA) is 123 Å². The molecule has 70 heavy (non-hydrogen) atoms. The molecule has 4 aliphatic heterocycles. The molecule has 4 aromatic carbocycles. The molecule has 10 nitrogen and oxygen atoms in total. The van der Waals surface area contributed by atoms with Crippen LogP contribution < -0.4 is 21.3 Å². The van der Waals surface area contributed by atoms with Crippen molar-refractivity contribution in [2.75, 3.05) is 23.7 Å². The molecule has 360 valence electrons. The minimum Gasteiger partial charge on any atom is -0.377 e. The van der Waals surface area contributed by atoms with Crippen molar-refractivity contribution in [3.05, 3.63) is 176 Å². The molecule has 0 bridgehead atoms. The van der Waals surface area contributed by atoms with E-state index in [9.17, 15) is 19.2 Å². The third kappa shape index (κ3) is 9.16. The number of hydrogen-bond donors (Lipinski definition) is 4. The van der Waals surface area contributed by atoms with Gasteiger partial charge in [-0.1, -0.05) is 111 Å². The van der Waals surface area contributed by atoms with Crippen molar-refractivity contribution < 1.29 is 19.2 Å². The molecule has 12 heteroatoms. The van der Waals surface area contributed by atoms with Crippen molar-refractivity contribution in [2.24, 2.45) is 23.7 Å². The number of nitrogens with one attached hydrogen (secondary N) is 4. The maximum atomic E-state index is 14.1. The number of fused-ring (bicyclic) bond motifs is 6. The van der Waals surface area contributed by atoms with Crippen molar-refractivity contribution in [1.29, 1.82) is 0 Å². The van der Waals surface area contributed by atoms with E-state index in [4.69, 9.17) is 0 Å². The Labute approximate surface area is 419 Å². The van der Waals surface area contributed by atoms with E-state index in [2.05, 4.69) is 115 Å². The van der Waals surface area contributed by atoms with E-state index in [1.807, 2.05) is 60.7 Å². The summed E-state index contributed by atoms with van der Waals surface area (Å²) in [5.74, 6) is 0.588. The molecule has 6 aliphatic rings. The van der Waals surface area contributed by atoms with Crippen LogP contribution in [0.25, 0.3) is 0 Å². The lowest BCUT2D eigenvalue weighted by Gasteiger charge is -2.41. The smallest absolute Gasteiger partial charge is 0.251 e. The van der Waals surface area contributed by atoms with Crippen molar-refractivity contribution in [2.45, 2.75) is 100 Å². The average molecular weight is 971 g/mol. The van der Waals surface area contributed by atoms with Gasteiger partial charge in [0, 0.05) is 69.3 Å². The summed E-state index contributed by atoms with van der Waals surface area (Å²) < 4.78 is 0. The lowest BCUT2D eigenvalue weighted by molar-refractivity contribution is -0.139. The second-order valence-electron chi connectivity index (χ2n) is 20.0. The number of carbonyl (C=O) groups is 4. The summed E-state index contributed by atoms with van der Waals surface area (Å²) >= 11 is 3.56. The van der Waals surface area contributed by atoms with Gasteiger partial charge in [-0.15, -0.1) is 22.7 Å². The van der Waals surface area contributed by atoms with Crippen LogP contribution in [0.1, 0.15) is 130 Å². The molecular weight excluding hydrogens is 909 g/mol. The maximum absolute atomic E-state index is 14.1. The van der Waals surface area contributed by atoms with Crippen LogP contribution in [-0.2, 0) is 9.59 Å². The third-order valence-electron chi connectivity index (χ3n) is 16.1. The van der Waals surface area contributed by atoms with Gasteiger partial charge in [-0.2, -0.15) is 0 Å². The van der Waals surface area contributed by atoms with Crippen LogP contribution in [0, 0.1) is 23.7 Å². The molecule has 4 amide bonds. The Bertz CT molecular complexity index is 2580. The van der Waals surface area contributed by atoms with Crippen LogP contribution in [0.15, 0.2) is 144 Å². The van der Waals surface area contributed by atoms with Gasteiger partial charge in [0.05, 0.1) is 36.0 Å². The number of benzene rings is 4. The lowest BCUT2D eigenvalue weighted by Crippen LogP contribution is -2.50. The first kappa shape index (κ1) is 46.2. The molecule has 6 aromatic rings. The zero-order valence-electron chi connectivity index (χ0n) is 39.5. The number of nitrogens with zero attached hydrogens (tertiary/aromatic N) is 2. The molecule has 4 fully saturated rings. The number of anilines is 2. The number of thiophene rings is 2. The lowest BCUT2D eigenvalue weighted by atomic mass is 9.80. The predicted molar refractivity (Wildman–Crippen MR) is 279 cm³/mol. The minimum absolute atomic E-state index is 0.0689. The number of carbonyl (C=O) groups excluding carboxylic acids is 4. The normalized spacial score (nSPS) is 27.4. The highest BCUT2D eigenvalue weighted by molar-refractivity contribution is 7.10. The zero-order valence-corrected chi connectivity index (χ0v) is 41.1. The number of likely N-dealkylation sites (tertiary alicyclic amines) is 2. The summed E-state index contributed by atoms with van der Waals surface area (Å²) in [6, 6.07) is 44.5. The Kier molecular flexibility index (Phi) is 13.6. The van der Waals surface area contributed by atoms with E-state index in [1.165, 1.54) is 20.9 Å². The number of amides is 4. The Balaban J connectivity index is 0.000000152. The summed E-state index contributed by atoms with van der Waals surface area (Å²) in [5, 5.41) is 18.2. The predicted octanol–water partition coefficient (Wildman–Crippen LogP) is 11.6. The molecular formula is C58H62N6O4S2. The highest BCUT2D eigenvalue weighted by Crippen LogP contribution is 2.54. The Morgan fingerprint density at radius 3 is 1.27 bits per heavy atom. The minimum atomic E-state index is -0.169. The molecule has 6 heterocycles. The van der Waals surface area contributed by atoms with Gasteiger partial charge < -0.3 is 31.1 Å². The van der Waals surface area contributed by atoms with Crippen LogP contribution in [0.4, 0.5) is 11.4 Å². The van der Waals surface area contributed by atoms with Gasteiger partial charge in [0.1, 0.15) is 0 Å². The molecule has 2 aliphatic carbocycles. The van der Waals surface area contributed by atoms with Gasteiger partial charge in [-0.25, -0.2) is 0 Å². The maximum Gasteiger partial charge on any atom is 0.251 e. The number of para-hydroxylation sites is 2. The van der Waals surface area contributed by atoms with E-state index >= 15 is 0 Å².